The van der Waals surface area contributed by atoms with Gasteiger partial charge in [0.05, 0.1) is 7.11 Å². The van der Waals surface area contributed by atoms with Gasteiger partial charge in [-0.1, -0.05) is 12.1 Å². The van der Waals surface area contributed by atoms with E-state index < -0.39 is 0 Å². The highest BCUT2D eigenvalue weighted by Gasteiger charge is 2.15. The molecule has 0 aliphatic heterocycles. The first-order chi connectivity index (χ1) is 7.46. The topological polar surface area (TPSA) is 18.5 Å². The van der Waals surface area contributed by atoms with Gasteiger partial charge < -0.3 is 9.47 Å². The fourth-order valence-corrected chi connectivity index (χ4v) is 1.42. The van der Waals surface area contributed by atoms with Gasteiger partial charge in [0.2, 0.25) is 0 Å². The Hall–Kier alpha value is -1.44. The maximum absolute atomic E-state index is 5.81. The van der Waals surface area contributed by atoms with Crippen LogP contribution >= 0.6 is 0 Å². The summed E-state index contributed by atoms with van der Waals surface area (Å²) in [4.78, 5) is 0. The van der Waals surface area contributed by atoms with Crippen LogP contribution in [-0.2, 0) is 6.42 Å². The number of hydrogen-bond acceptors (Lipinski definition) is 2. The molecule has 0 aliphatic carbocycles. The first-order valence-corrected chi connectivity index (χ1v) is 5.43. The normalized spacial score (nSPS) is 11.0. The Morgan fingerprint density at radius 2 is 1.94 bits per heavy atom. The third-order valence-corrected chi connectivity index (χ3v) is 2.02. The van der Waals surface area contributed by atoms with Crippen LogP contribution in [0.15, 0.2) is 30.9 Å². The molecule has 0 heterocycles. The Kier molecular flexibility index (Phi) is 3.99. The largest absolute Gasteiger partial charge is 0.493 e. The summed E-state index contributed by atoms with van der Waals surface area (Å²) in [6, 6.07) is 5.97. The molecule has 0 aromatic heterocycles. The lowest BCUT2D eigenvalue weighted by molar-refractivity contribution is 0.125. The lowest BCUT2D eigenvalue weighted by Crippen LogP contribution is -2.23. The van der Waals surface area contributed by atoms with Crippen LogP contribution in [-0.4, -0.2) is 12.7 Å². The molecule has 2 nitrogen and oxygen atoms in total. The first kappa shape index (κ1) is 12.6. The van der Waals surface area contributed by atoms with Crippen molar-refractivity contribution in [3.63, 3.8) is 0 Å². The summed E-state index contributed by atoms with van der Waals surface area (Å²) >= 11 is 0. The van der Waals surface area contributed by atoms with Gasteiger partial charge in [-0.2, -0.15) is 0 Å². The molecule has 0 amide bonds. The Morgan fingerprint density at radius 3 is 2.44 bits per heavy atom. The molecule has 0 bridgehead atoms. The summed E-state index contributed by atoms with van der Waals surface area (Å²) in [6.45, 7) is 9.78. The van der Waals surface area contributed by atoms with E-state index >= 15 is 0 Å². The summed E-state index contributed by atoms with van der Waals surface area (Å²) < 4.78 is 11.1. The SMILES string of the molecule is C=CCc1ccc(OC(C)(C)C)c(OC)c1. The number of methoxy groups -OCH3 is 1. The standard InChI is InChI=1S/C14H20O2/c1-6-7-11-8-9-12(13(10-11)15-5)16-14(2,3)4/h6,8-10H,1,7H2,2-5H3. The van der Waals surface area contributed by atoms with E-state index in [1.807, 2.05) is 45.0 Å². The second kappa shape index (κ2) is 5.06. The molecule has 0 unspecified atom stereocenters. The maximum Gasteiger partial charge on any atom is 0.161 e. The lowest BCUT2D eigenvalue weighted by Gasteiger charge is -2.23. The molecule has 0 radical (unpaired) electrons. The molecule has 1 rings (SSSR count). The van der Waals surface area contributed by atoms with Gasteiger partial charge in [0, 0.05) is 0 Å². The maximum atomic E-state index is 5.81. The molecule has 1 aromatic carbocycles. The van der Waals surface area contributed by atoms with Crippen LogP contribution in [0.5, 0.6) is 11.5 Å². The van der Waals surface area contributed by atoms with Gasteiger partial charge in [-0.05, 0) is 44.9 Å². The third kappa shape index (κ3) is 3.61. The molecule has 0 fully saturated rings. The predicted octanol–water partition coefficient (Wildman–Crippen LogP) is 3.60. The van der Waals surface area contributed by atoms with Gasteiger partial charge in [0.1, 0.15) is 5.60 Å². The quantitative estimate of drug-likeness (QED) is 0.722. The molecular weight excluding hydrogens is 200 g/mol. The van der Waals surface area contributed by atoms with Gasteiger partial charge >= 0.3 is 0 Å². The van der Waals surface area contributed by atoms with Crippen LogP contribution < -0.4 is 9.47 Å². The predicted molar refractivity (Wildman–Crippen MR) is 67.3 cm³/mol. The summed E-state index contributed by atoms with van der Waals surface area (Å²) in [6.07, 6.45) is 2.71. The summed E-state index contributed by atoms with van der Waals surface area (Å²) in [5.41, 5.74) is 0.959. The minimum absolute atomic E-state index is 0.215. The molecular formula is C14H20O2. The Morgan fingerprint density at radius 1 is 1.25 bits per heavy atom. The van der Waals surface area contributed by atoms with Crippen molar-refractivity contribution in [2.75, 3.05) is 7.11 Å². The lowest BCUT2D eigenvalue weighted by atomic mass is 10.1. The average molecular weight is 220 g/mol. The zero-order chi connectivity index (χ0) is 12.2. The molecule has 16 heavy (non-hydrogen) atoms. The number of allylic oxidation sites excluding steroid dienone is 1. The van der Waals surface area contributed by atoms with Crippen molar-refractivity contribution in [3.05, 3.63) is 36.4 Å². The van der Waals surface area contributed by atoms with E-state index in [1.165, 1.54) is 5.56 Å². The van der Waals surface area contributed by atoms with E-state index in [0.29, 0.717) is 0 Å². The summed E-state index contributed by atoms with van der Waals surface area (Å²) in [5, 5.41) is 0. The van der Waals surface area contributed by atoms with Crippen LogP contribution in [0.2, 0.25) is 0 Å². The van der Waals surface area contributed by atoms with Gasteiger partial charge in [-0.25, -0.2) is 0 Å². The van der Waals surface area contributed by atoms with Crippen molar-refractivity contribution in [2.45, 2.75) is 32.8 Å². The highest BCUT2D eigenvalue weighted by molar-refractivity contribution is 5.43. The van der Waals surface area contributed by atoms with E-state index in [-0.39, 0.29) is 5.60 Å². The minimum atomic E-state index is -0.215. The van der Waals surface area contributed by atoms with E-state index in [2.05, 4.69) is 6.58 Å². The van der Waals surface area contributed by atoms with Crippen molar-refractivity contribution < 1.29 is 9.47 Å². The zero-order valence-corrected chi connectivity index (χ0v) is 10.5. The first-order valence-electron chi connectivity index (χ1n) is 5.43. The Bertz CT molecular complexity index is 361. The van der Waals surface area contributed by atoms with Crippen LogP contribution in [0.3, 0.4) is 0 Å². The summed E-state index contributed by atoms with van der Waals surface area (Å²) in [5.74, 6) is 1.55. The fourth-order valence-electron chi connectivity index (χ4n) is 1.42. The van der Waals surface area contributed by atoms with Crippen molar-refractivity contribution >= 4 is 0 Å². The van der Waals surface area contributed by atoms with Crippen molar-refractivity contribution in [2.24, 2.45) is 0 Å². The highest BCUT2D eigenvalue weighted by atomic mass is 16.5. The second-order valence-electron chi connectivity index (χ2n) is 4.69. The van der Waals surface area contributed by atoms with Gasteiger partial charge in [-0.3, -0.25) is 0 Å². The van der Waals surface area contributed by atoms with E-state index in [1.54, 1.807) is 7.11 Å². The number of benzene rings is 1. The van der Waals surface area contributed by atoms with Gasteiger partial charge in [-0.15, -0.1) is 6.58 Å². The molecule has 0 spiro atoms. The number of rotatable bonds is 4. The second-order valence-corrected chi connectivity index (χ2v) is 4.69. The fraction of sp³-hybridized carbons (Fsp3) is 0.429. The average Bonchev–Trinajstić information content (AvgIpc) is 2.18. The van der Waals surface area contributed by atoms with Gasteiger partial charge in [0.25, 0.3) is 0 Å². The van der Waals surface area contributed by atoms with E-state index in [0.717, 1.165) is 17.9 Å². The molecule has 0 saturated carbocycles. The molecule has 0 N–H and O–H groups in total. The third-order valence-electron chi connectivity index (χ3n) is 2.02. The number of ether oxygens (including phenoxy) is 2. The van der Waals surface area contributed by atoms with Crippen molar-refractivity contribution in [1.29, 1.82) is 0 Å². The Balaban J connectivity index is 2.97. The molecule has 0 saturated heterocycles. The van der Waals surface area contributed by atoms with Gasteiger partial charge in [0.15, 0.2) is 11.5 Å². The molecule has 0 atom stereocenters. The minimum Gasteiger partial charge on any atom is -0.493 e. The molecule has 1 aromatic rings. The highest BCUT2D eigenvalue weighted by Crippen LogP contribution is 2.31. The summed E-state index contributed by atoms with van der Waals surface area (Å²) in [7, 11) is 1.66. The molecule has 88 valence electrons. The molecule has 0 aliphatic rings. The molecule has 2 heteroatoms. The Labute approximate surface area is 97.9 Å². The van der Waals surface area contributed by atoms with Crippen LogP contribution in [0, 0.1) is 0 Å². The van der Waals surface area contributed by atoms with Crippen LogP contribution in [0.4, 0.5) is 0 Å². The number of hydrogen-bond donors (Lipinski definition) is 0. The zero-order valence-electron chi connectivity index (χ0n) is 10.5. The van der Waals surface area contributed by atoms with Crippen molar-refractivity contribution in [1.82, 2.24) is 0 Å². The van der Waals surface area contributed by atoms with Crippen molar-refractivity contribution in [3.8, 4) is 11.5 Å². The smallest absolute Gasteiger partial charge is 0.161 e. The van der Waals surface area contributed by atoms with E-state index in [9.17, 15) is 0 Å². The monoisotopic (exact) mass is 220 g/mol. The van der Waals surface area contributed by atoms with Crippen LogP contribution in [0.25, 0.3) is 0 Å². The van der Waals surface area contributed by atoms with E-state index in [4.69, 9.17) is 9.47 Å². The van der Waals surface area contributed by atoms with Crippen LogP contribution in [0.1, 0.15) is 26.3 Å².